The van der Waals surface area contributed by atoms with Crippen LogP contribution in [0.15, 0.2) is 0 Å². The molecule has 0 aliphatic carbocycles. The summed E-state index contributed by atoms with van der Waals surface area (Å²) in [5.74, 6) is 0. The third-order valence-electron chi connectivity index (χ3n) is 2.62. The van der Waals surface area contributed by atoms with E-state index in [0.717, 1.165) is 19.6 Å². The molecule has 0 saturated carbocycles. The summed E-state index contributed by atoms with van der Waals surface area (Å²) in [7, 11) is 0. The van der Waals surface area contributed by atoms with Crippen LogP contribution in [0.3, 0.4) is 0 Å². The summed E-state index contributed by atoms with van der Waals surface area (Å²) in [6.07, 6.45) is 4.77. The zero-order chi connectivity index (χ0) is 11.0. The lowest BCUT2D eigenvalue weighted by Crippen LogP contribution is -2.34. The molecule has 0 aromatic carbocycles. The Bertz CT molecular complexity index is 129. The molecule has 2 heteroatoms. The maximum atomic E-state index is 6.06. The van der Waals surface area contributed by atoms with Crippen molar-refractivity contribution in [2.45, 2.75) is 59.4 Å². The Kier molecular flexibility index (Phi) is 7.20. The predicted octanol–water partition coefficient (Wildman–Crippen LogP) is 2.96. The molecule has 1 atom stereocenters. The molecule has 0 bridgehead atoms. The first kappa shape index (κ1) is 13.9. The van der Waals surface area contributed by atoms with E-state index in [9.17, 15) is 0 Å². The second-order valence-electron chi connectivity index (χ2n) is 5.02. The van der Waals surface area contributed by atoms with Gasteiger partial charge in [0.25, 0.3) is 0 Å². The maximum absolute atomic E-state index is 6.06. The first-order valence-corrected chi connectivity index (χ1v) is 5.81. The standard InChI is InChI=1S/C12H27NO/c1-5-14-10-8-6-7-9-11(13)12(2,3)4/h11H,5-10,13H2,1-4H3. The van der Waals surface area contributed by atoms with Crippen LogP contribution in [0.5, 0.6) is 0 Å². The van der Waals surface area contributed by atoms with Gasteiger partial charge in [0.15, 0.2) is 0 Å². The van der Waals surface area contributed by atoms with Crippen molar-refractivity contribution in [2.24, 2.45) is 11.1 Å². The van der Waals surface area contributed by atoms with Gasteiger partial charge in [-0.2, -0.15) is 0 Å². The second-order valence-corrected chi connectivity index (χ2v) is 5.02. The number of hydrogen-bond acceptors (Lipinski definition) is 2. The van der Waals surface area contributed by atoms with Crippen LogP contribution in [-0.4, -0.2) is 19.3 Å². The fraction of sp³-hybridized carbons (Fsp3) is 1.00. The lowest BCUT2D eigenvalue weighted by molar-refractivity contribution is 0.142. The van der Waals surface area contributed by atoms with Gasteiger partial charge in [0, 0.05) is 19.3 Å². The highest BCUT2D eigenvalue weighted by Crippen LogP contribution is 2.21. The quantitative estimate of drug-likeness (QED) is 0.643. The molecule has 0 spiro atoms. The van der Waals surface area contributed by atoms with Gasteiger partial charge >= 0.3 is 0 Å². The fourth-order valence-corrected chi connectivity index (χ4v) is 1.32. The highest BCUT2D eigenvalue weighted by Gasteiger charge is 2.19. The fourth-order valence-electron chi connectivity index (χ4n) is 1.32. The SMILES string of the molecule is CCOCCCCCC(N)C(C)(C)C. The Morgan fingerprint density at radius 2 is 1.79 bits per heavy atom. The average molecular weight is 201 g/mol. The molecule has 0 radical (unpaired) electrons. The number of rotatable bonds is 7. The zero-order valence-electron chi connectivity index (χ0n) is 10.3. The molecule has 0 aromatic rings. The van der Waals surface area contributed by atoms with Crippen molar-refractivity contribution < 1.29 is 4.74 Å². The van der Waals surface area contributed by atoms with E-state index in [-0.39, 0.29) is 5.41 Å². The summed E-state index contributed by atoms with van der Waals surface area (Å²) < 4.78 is 5.28. The largest absolute Gasteiger partial charge is 0.382 e. The van der Waals surface area contributed by atoms with E-state index in [0.29, 0.717) is 6.04 Å². The van der Waals surface area contributed by atoms with Crippen LogP contribution in [0.4, 0.5) is 0 Å². The minimum absolute atomic E-state index is 0.250. The molecule has 2 nitrogen and oxygen atoms in total. The Labute approximate surface area is 89.2 Å². The first-order chi connectivity index (χ1) is 6.48. The van der Waals surface area contributed by atoms with Crippen LogP contribution in [0.1, 0.15) is 53.4 Å². The van der Waals surface area contributed by atoms with Gasteiger partial charge in [-0.25, -0.2) is 0 Å². The van der Waals surface area contributed by atoms with E-state index in [1.165, 1.54) is 19.3 Å². The molecule has 1 unspecified atom stereocenters. The van der Waals surface area contributed by atoms with Crippen LogP contribution in [0.25, 0.3) is 0 Å². The molecule has 86 valence electrons. The van der Waals surface area contributed by atoms with Crippen molar-refractivity contribution in [3.63, 3.8) is 0 Å². The van der Waals surface area contributed by atoms with Crippen LogP contribution < -0.4 is 5.73 Å². The zero-order valence-corrected chi connectivity index (χ0v) is 10.3. The van der Waals surface area contributed by atoms with E-state index in [1.54, 1.807) is 0 Å². The van der Waals surface area contributed by atoms with Crippen LogP contribution in [0.2, 0.25) is 0 Å². The normalized spacial score (nSPS) is 14.4. The van der Waals surface area contributed by atoms with Gasteiger partial charge in [0.2, 0.25) is 0 Å². The summed E-state index contributed by atoms with van der Waals surface area (Å²) in [4.78, 5) is 0. The maximum Gasteiger partial charge on any atom is 0.0465 e. The Hall–Kier alpha value is -0.0800. The van der Waals surface area contributed by atoms with Crippen molar-refractivity contribution in [1.29, 1.82) is 0 Å². The molecule has 0 amide bonds. The lowest BCUT2D eigenvalue weighted by atomic mass is 9.84. The minimum Gasteiger partial charge on any atom is -0.382 e. The van der Waals surface area contributed by atoms with Crippen molar-refractivity contribution in [3.05, 3.63) is 0 Å². The second kappa shape index (κ2) is 7.24. The van der Waals surface area contributed by atoms with Gasteiger partial charge in [-0.1, -0.05) is 33.6 Å². The van der Waals surface area contributed by atoms with Crippen LogP contribution >= 0.6 is 0 Å². The number of ether oxygens (including phenoxy) is 1. The third kappa shape index (κ3) is 7.34. The number of nitrogens with two attached hydrogens (primary N) is 1. The van der Waals surface area contributed by atoms with Crippen LogP contribution in [0, 0.1) is 5.41 Å². The molecule has 0 aromatic heterocycles. The number of unbranched alkanes of at least 4 members (excludes halogenated alkanes) is 2. The molecule has 0 rings (SSSR count). The van der Waals surface area contributed by atoms with E-state index in [4.69, 9.17) is 10.5 Å². The summed E-state index contributed by atoms with van der Waals surface area (Å²) in [5.41, 5.74) is 6.31. The van der Waals surface area contributed by atoms with E-state index >= 15 is 0 Å². The molecule has 0 heterocycles. The molecule has 2 N–H and O–H groups in total. The monoisotopic (exact) mass is 201 g/mol. The van der Waals surface area contributed by atoms with Gasteiger partial charge < -0.3 is 10.5 Å². The molecule has 0 aliphatic rings. The van der Waals surface area contributed by atoms with Gasteiger partial charge in [-0.3, -0.25) is 0 Å². The smallest absolute Gasteiger partial charge is 0.0465 e. The highest BCUT2D eigenvalue weighted by atomic mass is 16.5. The first-order valence-electron chi connectivity index (χ1n) is 5.81. The molecular formula is C12H27NO. The minimum atomic E-state index is 0.250. The highest BCUT2D eigenvalue weighted by molar-refractivity contribution is 4.76. The van der Waals surface area contributed by atoms with Gasteiger partial charge in [0.1, 0.15) is 0 Å². The predicted molar refractivity (Wildman–Crippen MR) is 62.4 cm³/mol. The van der Waals surface area contributed by atoms with Crippen molar-refractivity contribution >= 4 is 0 Å². The van der Waals surface area contributed by atoms with E-state index < -0.39 is 0 Å². The lowest BCUT2D eigenvalue weighted by Gasteiger charge is -2.26. The van der Waals surface area contributed by atoms with E-state index in [1.807, 2.05) is 6.92 Å². The van der Waals surface area contributed by atoms with Crippen LogP contribution in [-0.2, 0) is 4.74 Å². The van der Waals surface area contributed by atoms with Gasteiger partial charge in [0.05, 0.1) is 0 Å². The topological polar surface area (TPSA) is 35.2 Å². The average Bonchev–Trinajstić information content (AvgIpc) is 2.09. The Morgan fingerprint density at radius 3 is 2.29 bits per heavy atom. The molecule has 14 heavy (non-hydrogen) atoms. The number of hydrogen-bond donors (Lipinski definition) is 1. The Morgan fingerprint density at radius 1 is 1.14 bits per heavy atom. The third-order valence-corrected chi connectivity index (χ3v) is 2.62. The van der Waals surface area contributed by atoms with Crippen molar-refractivity contribution in [3.8, 4) is 0 Å². The summed E-state index contributed by atoms with van der Waals surface area (Å²) >= 11 is 0. The molecule has 0 saturated heterocycles. The molecule has 0 fully saturated rings. The van der Waals surface area contributed by atoms with E-state index in [2.05, 4.69) is 20.8 Å². The summed E-state index contributed by atoms with van der Waals surface area (Å²) in [6, 6.07) is 0.328. The van der Waals surface area contributed by atoms with Gasteiger partial charge in [-0.05, 0) is 25.2 Å². The van der Waals surface area contributed by atoms with Crippen molar-refractivity contribution in [1.82, 2.24) is 0 Å². The summed E-state index contributed by atoms with van der Waals surface area (Å²) in [6.45, 7) is 10.4. The van der Waals surface area contributed by atoms with Gasteiger partial charge in [-0.15, -0.1) is 0 Å². The summed E-state index contributed by atoms with van der Waals surface area (Å²) in [5, 5.41) is 0. The molecular weight excluding hydrogens is 174 g/mol. The van der Waals surface area contributed by atoms with Crippen molar-refractivity contribution in [2.75, 3.05) is 13.2 Å². The molecule has 0 aliphatic heterocycles. The Balaban J connectivity index is 3.28.